The van der Waals surface area contributed by atoms with Crippen molar-refractivity contribution in [3.8, 4) is 0 Å². The minimum Gasteiger partial charge on any atom is -0.392 e. The van der Waals surface area contributed by atoms with Gasteiger partial charge in [-0.1, -0.05) is 29.8 Å². The maximum absolute atomic E-state index is 14.1. The number of sulfonamides is 1. The van der Waals surface area contributed by atoms with Crippen molar-refractivity contribution in [1.82, 2.24) is 4.72 Å². The van der Waals surface area contributed by atoms with E-state index in [0.29, 0.717) is 16.8 Å². The molecule has 0 bridgehead atoms. The molecule has 1 atom stereocenters. The second kappa shape index (κ2) is 6.98. The van der Waals surface area contributed by atoms with E-state index in [9.17, 15) is 12.8 Å². The van der Waals surface area contributed by atoms with Gasteiger partial charge in [0.2, 0.25) is 10.0 Å². The van der Waals surface area contributed by atoms with Crippen LogP contribution in [-0.2, 0) is 16.6 Å². The summed E-state index contributed by atoms with van der Waals surface area (Å²) >= 11 is 3.12. The highest BCUT2D eigenvalue weighted by Gasteiger charge is 2.24. The van der Waals surface area contributed by atoms with Crippen LogP contribution in [0.3, 0.4) is 0 Å². The fourth-order valence-electron chi connectivity index (χ4n) is 2.01. The largest absolute Gasteiger partial charge is 0.392 e. The summed E-state index contributed by atoms with van der Waals surface area (Å²) in [6.07, 6.45) is 0.654. The molecule has 4 nitrogen and oxygen atoms in total. The lowest BCUT2D eigenvalue weighted by atomic mass is 10.1. The van der Waals surface area contributed by atoms with Gasteiger partial charge in [-0.3, -0.25) is 0 Å². The number of hydrogen-bond acceptors (Lipinski definition) is 3. The predicted octanol–water partition coefficient (Wildman–Crippen LogP) is 2.79. The second-order valence-corrected chi connectivity index (χ2v) is 7.79. The maximum Gasteiger partial charge on any atom is 0.243 e. The number of hydrogen-bond donors (Lipinski definition) is 2. The van der Waals surface area contributed by atoms with Crippen molar-refractivity contribution >= 4 is 26.0 Å². The summed E-state index contributed by atoms with van der Waals surface area (Å²) in [6, 6.07) is 2.25. The van der Waals surface area contributed by atoms with E-state index in [1.807, 2.05) is 13.8 Å². The van der Waals surface area contributed by atoms with E-state index in [1.165, 1.54) is 12.1 Å². The topological polar surface area (TPSA) is 66.4 Å². The molecule has 0 aliphatic rings. The van der Waals surface area contributed by atoms with Gasteiger partial charge in [0.1, 0.15) is 10.7 Å². The molecule has 0 heterocycles. The molecule has 0 radical (unpaired) electrons. The molecule has 0 saturated carbocycles. The van der Waals surface area contributed by atoms with Crippen LogP contribution in [0.15, 0.2) is 21.5 Å². The first-order valence-corrected chi connectivity index (χ1v) is 8.56. The Morgan fingerprint density at radius 1 is 1.35 bits per heavy atom. The van der Waals surface area contributed by atoms with Gasteiger partial charge in [0.05, 0.1) is 6.61 Å². The Morgan fingerprint density at radius 2 is 1.95 bits per heavy atom. The van der Waals surface area contributed by atoms with Gasteiger partial charge in [-0.05, 0) is 31.4 Å². The van der Waals surface area contributed by atoms with Gasteiger partial charge >= 0.3 is 0 Å². The van der Waals surface area contributed by atoms with Crippen molar-refractivity contribution in [2.24, 2.45) is 5.92 Å². The lowest BCUT2D eigenvalue weighted by Gasteiger charge is -2.17. The van der Waals surface area contributed by atoms with Crippen LogP contribution in [0, 0.1) is 11.7 Å². The molecule has 7 heteroatoms. The number of halogens is 2. The van der Waals surface area contributed by atoms with Crippen LogP contribution >= 0.6 is 15.9 Å². The Kier molecular flexibility index (Phi) is 6.12. The zero-order valence-electron chi connectivity index (χ0n) is 11.7. The van der Waals surface area contributed by atoms with Crippen molar-refractivity contribution in [1.29, 1.82) is 0 Å². The Labute approximate surface area is 127 Å². The van der Waals surface area contributed by atoms with E-state index in [0.717, 1.165) is 0 Å². The third-order valence-electron chi connectivity index (χ3n) is 2.72. The summed E-state index contributed by atoms with van der Waals surface area (Å²) in [6.45, 7) is 5.14. The molecular formula is C13H19BrFNO3S. The Morgan fingerprint density at radius 3 is 2.45 bits per heavy atom. The molecule has 114 valence electrons. The van der Waals surface area contributed by atoms with Crippen LogP contribution in [0.1, 0.15) is 32.8 Å². The minimum atomic E-state index is -3.96. The van der Waals surface area contributed by atoms with Gasteiger partial charge in [-0.25, -0.2) is 17.5 Å². The Balaban J connectivity index is 3.13. The standard InChI is InChI=1S/C13H19BrFNO3S/c1-8(2)4-9(3)16-20(18,19)12-6-11(14)5-10(7-17)13(12)15/h5-6,8-9,16-17H,4,7H2,1-3H3. The van der Waals surface area contributed by atoms with E-state index < -0.39 is 27.3 Å². The third kappa shape index (κ3) is 4.51. The number of aliphatic hydroxyl groups is 1. The monoisotopic (exact) mass is 367 g/mol. The number of aliphatic hydroxyl groups excluding tert-OH is 1. The average molecular weight is 368 g/mol. The van der Waals surface area contributed by atoms with Gasteiger partial charge < -0.3 is 5.11 Å². The van der Waals surface area contributed by atoms with Gasteiger partial charge in [0.25, 0.3) is 0 Å². The van der Waals surface area contributed by atoms with Crippen molar-refractivity contribution in [2.75, 3.05) is 0 Å². The van der Waals surface area contributed by atoms with E-state index in [-0.39, 0.29) is 11.6 Å². The summed E-state index contributed by atoms with van der Waals surface area (Å²) in [5, 5.41) is 9.06. The predicted molar refractivity (Wildman–Crippen MR) is 79.3 cm³/mol. The van der Waals surface area contributed by atoms with Crippen LogP contribution < -0.4 is 4.72 Å². The van der Waals surface area contributed by atoms with E-state index in [2.05, 4.69) is 20.7 Å². The van der Waals surface area contributed by atoms with Crippen molar-refractivity contribution in [2.45, 2.75) is 44.7 Å². The van der Waals surface area contributed by atoms with E-state index in [4.69, 9.17) is 5.11 Å². The van der Waals surface area contributed by atoms with Crippen molar-refractivity contribution in [3.63, 3.8) is 0 Å². The summed E-state index contributed by atoms with van der Waals surface area (Å²) in [5.41, 5.74) is -0.0590. The molecule has 1 aromatic rings. The Bertz CT molecular complexity index is 575. The Hall–Kier alpha value is -0.500. The quantitative estimate of drug-likeness (QED) is 0.812. The fraction of sp³-hybridized carbons (Fsp3) is 0.538. The molecule has 2 N–H and O–H groups in total. The molecule has 0 aliphatic carbocycles. The molecule has 20 heavy (non-hydrogen) atoms. The molecule has 0 spiro atoms. The van der Waals surface area contributed by atoms with Crippen LogP contribution in [-0.4, -0.2) is 19.6 Å². The lowest BCUT2D eigenvalue weighted by Crippen LogP contribution is -2.34. The first kappa shape index (κ1) is 17.6. The highest BCUT2D eigenvalue weighted by Crippen LogP contribution is 2.24. The van der Waals surface area contributed by atoms with Gasteiger partial charge in [0, 0.05) is 16.1 Å². The van der Waals surface area contributed by atoms with Gasteiger partial charge in [0.15, 0.2) is 0 Å². The molecule has 1 rings (SSSR count). The van der Waals surface area contributed by atoms with Crippen LogP contribution in [0.4, 0.5) is 4.39 Å². The third-order valence-corrected chi connectivity index (χ3v) is 4.77. The zero-order chi connectivity index (χ0) is 15.5. The molecule has 0 amide bonds. The van der Waals surface area contributed by atoms with Crippen LogP contribution in [0.25, 0.3) is 0 Å². The molecule has 1 aromatic carbocycles. The number of nitrogens with one attached hydrogen (secondary N) is 1. The SMILES string of the molecule is CC(C)CC(C)NS(=O)(=O)c1cc(Br)cc(CO)c1F. The lowest BCUT2D eigenvalue weighted by molar-refractivity contribution is 0.274. The molecule has 0 aromatic heterocycles. The number of benzene rings is 1. The summed E-state index contributed by atoms with van der Waals surface area (Å²) in [4.78, 5) is -0.452. The highest BCUT2D eigenvalue weighted by molar-refractivity contribution is 9.10. The molecule has 1 unspecified atom stereocenters. The van der Waals surface area contributed by atoms with Crippen LogP contribution in [0.5, 0.6) is 0 Å². The molecule has 0 aliphatic heterocycles. The van der Waals surface area contributed by atoms with Gasteiger partial charge in [-0.2, -0.15) is 0 Å². The zero-order valence-corrected chi connectivity index (χ0v) is 14.1. The van der Waals surface area contributed by atoms with Gasteiger partial charge in [-0.15, -0.1) is 0 Å². The fourth-order valence-corrected chi connectivity index (χ4v) is 4.07. The summed E-state index contributed by atoms with van der Waals surface area (Å²) in [5.74, 6) is -0.590. The first-order valence-electron chi connectivity index (χ1n) is 6.28. The number of rotatable bonds is 6. The summed E-state index contributed by atoms with van der Waals surface area (Å²) < 4.78 is 41.3. The molecular weight excluding hydrogens is 349 g/mol. The van der Waals surface area contributed by atoms with Crippen LogP contribution in [0.2, 0.25) is 0 Å². The van der Waals surface area contributed by atoms with Crippen molar-refractivity contribution < 1.29 is 17.9 Å². The summed E-state index contributed by atoms with van der Waals surface area (Å²) in [7, 11) is -3.96. The molecule has 0 saturated heterocycles. The smallest absolute Gasteiger partial charge is 0.243 e. The molecule has 0 fully saturated rings. The second-order valence-electron chi connectivity index (χ2n) is 5.19. The first-order chi connectivity index (χ1) is 9.17. The highest BCUT2D eigenvalue weighted by atomic mass is 79.9. The normalized spacial score (nSPS) is 13.8. The van der Waals surface area contributed by atoms with E-state index in [1.54, 1.807) is 6.92 Å². The van der Waals surface area contributed by atoms with E-state index >= 15 is 0 Å². The minimum absolute atomic E-state index is 0.0590. The van der Waals surface area contributed by atoms with Crippen molar-refractivity contribution in [3.05, 3.63) is 28.0 Å². The average Bonchev–Trinajstić information content (AvgIpc) is 2.29. The maximum atomic E-state index is 14.1.